The van der Waals surface area contributed by atoms with Gasteiger partial charge in [-0.05, 0) is 31.7 Å². The standard InChI is InChI=1S/C11H14N4/c12-11(4-5-11)3-2-9-8-14-10-13-6-1-7-15(9)10/h1,6-8H,2-5,12H2. The molecule has 2 heterocycles. The summed E-state index contributed by atoms with van der Waals surface area (Å²) in [4.78, 5) is 8.43. The van der Waals surface area contributed by atoms with Gasteiger partial charge in [-0.25, -0.2) is 9.97 Å². The van der Waals surface area contributed by atoms with Crippen LogP contribution in [0.4, 0.5) is 0 Å². The molecule has 4 heteroatoms. The highest BCUT2D eigenvalue weighted by atomic mass is 15.1. The van der Waals surface area contributed by atoms with Crippen LogP contribution in [0.5, 0.6) is 0 Å². The topological polar surface area (TPSA) is 56.2 Å². The smallest absolute Gasteiger partial charge is 0.233 e. The van der Waals surface area contributed by atoms with Crippen molar-refractivity contribution in [3.05, 3.63) is 30.4 Å². The first-order valence-electron chi connectivity index (χ1n) is 5.33. The summed E-state index contributed by atoms with van der Waals surface area (Å²) in [6.07, 6.45) is 10.0. The van der Waals surface area contributed by atoms with Crippen LogP contribution in [0, 0.1) is 0 Å². The third-order valence-electron chi connectivity index (χ3n) is 3.14. The van der Waals surface area contributed by atoms with Gasteiger partial charge >= 0.3 is 0 Å². The number of hydrogen-bond acceptors (Lipinski definition) is 3. The second-order valence-corrected chi connectivity index (χ2v) is 4.40. The third kappa shape index (κ3) is 1.61. The minimum Gasteiger partial charge on any atom is -0.325 e. The Morgan fingerprint density at radius 1 is 1.40 bits per heavy atom. The van der Waals surface area contributed by atoms with E-state index in [1.807, 2.05) is 22.9 Å². The molecule has 1 saturated carbocycles. The summed E-state index contributed by atoms with van der Waals surface area (Å²) in [6, 6.07) is 1.92. The predicted octanol–water partition coefficient (Wildman–Crippen LogP) is 1.15. The van der Waals surface area contributed by atoms with Crippen LogP contribution < -0.4 is 5.73 Å². The average molecular weight is 202 g/mol. The molecule has 0 radical (unpaired) electrons. The van der Waals surface area contributed by atoms with Gasteiger partial charge in [-0.3, -0.25) is 4.40 Å². The summed E-state index contributed by atoms with van der Waals surface area (Å²) < 4.78 is 2.03. The zero-order valence-corrected chi connectivity index (χ0v) is 8.56. The molecule has 0 aromatic carbocycles. The molecule has 0 spiro atoms. The summed E-state index contributed by atoms with van der Waals surface area (Å²) >= 11 is 0. The molecule has 2 aromatic rings. The van der Waals surface area contributed by atoms with Crippen molar-refractivity contribution in [2.45, 2.75) is 31.2 Å². The second-order valence-electron chi connectivity index (χ2n) is 4.40. The lowest BCUT2D eigenvalue weighted by Crippen LogP contribution is -2.22. The molecular weight excluding hydrogens is 188 g/mol. The van der Waals surface area contributed by atoms with E-state index in [2.05, 4.69) is 9.97 Å². The molecule has 2 aromatic heterocycles. The van der Waals surface area contributed by atoms with E-state index in [1.165, 1.54) is 18.5 Å². The van der Waals surface area contributed by atoms with Gasteiger partial charge < -0.3 is 5.73 Å². The van der Waals surface area contributed by atoms with Gasteiger partial charge in [0.2, 0.25) is 5.78 Å². The molecule has 3 rings (SSSR count). The number of rotatable bonds is 3. The fourth-order valence-corrected chi connectivity index (χ4v) is 1.85. The van der Waals surface area contributed by atoms with Gasteiger partial charge in [-0.15, -0.1) is 0 Å². The minimum atomic E-state index is 0.117. The van der Waals surface area contributed by atoms with Gasteiger partial charge in [0.05, 0.1) is 6.20 Å². The summed E-state index contributed by atoms with van der Waals surface area (Å²) in [5, 5.41) is 0. The van der Waals surface area contributed by atoms with E-state index in [-0.39, 0.29) is 5.54 Å². The second kappa shape index (κ2) is 3.03. The van der Waals surface area contributed by atoms with Crippen molar-refractivity contribution in [2.75, 3.05) is 0 Å². The van der Waals surface area contributed by atoms with E-state index in [0.29, 0.717) is 0 Å². The number of imidazole rings is 1. The zero-order valence-electron chi connectivity index (χ0n) is 8.56. The molecule has 0 saturated heterocycles. The summed E-state index contributed by atoms with van der Waals surface area (Å²) in [6.45, 7) is 0. The number of aromatic nitrogens is 3. The minimum absolute atomic E-state index is 0.117. The number of nitrogens with zero attached hydrogens (tertiary/aromatic N) is 3. The maximum atomic E-state index is 6.06. The lowest BCUT2D eigenvalue weighted by Gasteiger charge is -2.07. The fraction of sp³-hybridized carbons (Fsp3) is 0.455. The molecule has 4 nitrogen and oxygen atoms in total. The van der Waals surface area contributed by atoms with Crippen LogP contribution >= 0.6 is 0 Å². The number of nitrogens with two attached hydrogens (primary N) is 1. The normalized spacial score (nSPS) is 18.2. The van der Waals surface area contributed by atoms with E-state index in [1.54, 1.807) is 6.20 Å². The Morgan fingerprint density at radius 3 is 3.07 bits per heavy atom. The van der Waals surface area contributed by atoms with Crippen molar-refractivity contribution in [3.63, 3.8) is 0 Å². The van der Waals surface area contributed by atoms with Gasteiger partial charge in [-0.1, -0.05) is 0 Å². The Bertz CT molecular complexity index is 484. The molecule has 1 aliphatic carbocycles. The van der Waals surface area contributed by atoms with Crippen molar-refractivity contribution >= 4 is 5.78 Å². The van der Waals surface area contributed by atoms with Crippen molar-refractivity contribution in [1.29, 1.82) is 0 Å². The molecule has 1 fully saturated rings. The molecule has 15 heavy (non-hydrogen) atoms. The maximum absolute atomic E-state index is 6.06. The number of fused-ring (bicyclic) bond motifs is 1. The predicted molar refractivity (Wildman–Crippen MR) is 57.5 cm³/mol. The highest BCUT2D eigenvalue weighted by molar-refractivity contribution is 5.30. The Kier molecular flexibility index (Phi) is 1.79. The highest BCUT2D eigenvalue weighted by Gasteiger charge is 2.37. The molecule has 0 unspecified atom stereocenters. The van der Waals surface area contributed by atoms with Crippen molar-refractivity contribution < 1.29 is 0 Å². The number of aryl methyl sites for hydroxylation is 1. The fourth-order valence-electron chi connectivity index (χ4n) is 1.85. The number of hydrogen-bond donors (Lipinski definition) is 1. The van der Waals surface area contributed by atoms with Gasteiger partial charge in [-0.2, -0.15) is 0 Å². The van der Waals surface area contributed by atoms with Gasteiger partial charge in [0.25, 0.3) is 0 Å². The van der Waals surface area contributed by atoms with Crippen LogP contribution in [0.2, 0.25) is 0 Å². The lowest BCUT2D eigenvalue weighted by atomic mass is 10.1. The van der Waals surface area contributed by atoms with E-state index in [9.17, 15) is 0 Å². The van der Waals surface area contributed by atoms with Crippen molar-refractivity contribution in [1.82, 2.24) is 14.4 Å². The van der Waals surface area contributed by atoms with Crippen LogP contribution in [-0.2, 0) is 6.42 Å². The first kappa shape index (κ1) is 8.85. The quantitative estimate of drug-likeness (QED) is 0.812. The third-order valence-corrected chi connectivity index (χ3v) is 3.14. The van der Waals surface area contributed by atoms with Gasteiger partial charge in [0.1, 0.15) is 0 Å². The van der Waals surface area contributed by atoms with Crippen LogP contribution in [0.3, 0.4) is 0 Å². The van der Waals surface area contributed by atoms with Crippen molar-refractivity contribution in [2.24, 2.45) is 5.73 Å². The molecule has 1 aliphatic rings. The Labute approximate surface area is 88.1 Å². The van der Waals surface area contributed by atoms with Crippen LogP contribution in [0.1, 0.15) is 25.0 Å². The van der Waals surface area contributed by atoms with Crippen LogP contribution in [0.15, 0.2) is 24.7 Å². The molecule has 0 bridgehead atoms. The Hall–Kier alpha value is -1.42. The van der Waals surface area contributed by atoms with Gasteiger partial charge in [0, 0.05) is 23.6 Å². The molecular formula is C11H14N4. The lowest BCUT2D eigenvalue weighted by molar-refractivity contribution is 0.601. The Balaban J connectivity index is 1.84. The van der Waals surface area contributed by atoms with E-state index >= 15 is 0 Å². The average Bonchev–Trinajstić information content (AvgIpc) is 2.86. The molecule has 0 amide bonds. The van der Waals surface area contributed by atoms with E-state index in [4.69, 9.17) is 5.73 Å². The molecule has 0 atom stereocenters. The largest absolute Gasteiger partial charge is 0.325 e. The summed E-state index contributed by atoms with van der Waals surface area (Å²) in [7, 11) is 0. The SMILES string of the molecule is NC1(CCc2cnc3ncccn23)CC1. The molecule has 2 N–H and O–H groups in total. The monoisotopic (exact) mass is 202 g/mol. The zero-order chi connectivity index (χ0) is 10.3. The molecule has 0 aliphatic heterocycles. The summed E-state index contributed by atoms with van der Waals surface area (Å²) in [5.41, 5.74) is 7.38. The highest BCUT2D eigenvalue weighted by Crippen LogP contribution is 2.36. The van der Waals surface area contributed by atoms with Gasteiger partial charge in [0.15, 0.2) is 0 Å². The van der Waals surface area contributed by atoms with Crippen LogP contribution in [-0.4, -0.2) is 19.9 Å². The van der Waals surface area contributed by atoms with E-state index in [0.717, 1.165) is 18.6 Å². The van der Waals surface area contributed by atoms with Crippen molar-refractivity contribution in [3.8, 4) is 0 Å². The molecule has 78 valence electrons. The first-order chi connectivity index (χ1) is 7.27. The Morgan fingerprint density at radius 2 is 2.27 bits per heavy atom. The van der Waals surface area contributed by atoms with E-state index < -0.39 is 0 Å². The van der Waals surface area contributed by atoms with Crippen LogP contribution in [0.25, 0.3) is 5.78 Å². The first-order valence-corrected chi connectivity index (χ1v) is 5.33. The maximum Gasteiger partial charge on any atom is 0.233 e. The summed E-state index contributed by atoms with van der Waals surface area (Å²) in [5.74, 6) is 0.773.